The molecular weight excluding hydrogens is 452 g/mol. The van der Waals surface area contributed by atoms with E-state index in [1.807, 2.05) is 6.07 Å². The van der Waals surface area contributed by atoms with Crippen LogP contribution in [0.2, 0.25) is 0 Å². The van der Waals surface area contributed by atoms with Gasteiger partial charge in [0.25, 0.3) is 5.91 Å². The molecule has 0 radical (unpaired) electrons. The molecule has 1 aromatic carbocycles. The lowest BCUT2D eigenvalue weighted by Gasteiger charge is -2.46. The highest BCUT2D eigenvalue weighted by Gasteiger charge is 2.60. The highest BCUT2D eigenvalue weighted by Crippen LogP contribution is 2.52. The van der Waals surface area contributed by atoms with Crippen molar-refractivity contribution < 1.29 is 34.8 Å². The molecule has 1 aliphatic heterocycles. The Bertz CT molecular complexity index is 1210. The first kappa shape index (κ1) is 23.6. The fraction of sp³-hybridized carbons (Fsp3) is 0.500. The van der Waals surface area contributed by atoms with E-state index in [9.17, 15) is 34.8 Å². The van der Waals surface area contributed by atoms with Crippen molar-refractivity contribution in [1.29, 1.82) is 0 Å². The zero-order valence-electron chi connectivity index (χ0n) is 19.6. The average Bonchev–Trinajstić information content (AvgIpc) is 2.79. The van der Waals surface area contributed by atoms with E-state index >= 15 is 0 Å². The van der Waals surface area contributed by atoms with Crippen LogP contribution in [-0.4, -0.2) is 68.5 Å². The van der Waals surface area contributed by atoms with E-state index in [1.54, 1.807) is 0 Å². The van der Waals surface area contributed by atoms with Crippen LogP contribution in [0.3, 0.4) is 0 Å². The van der Waals surface area contributed by atoms with Gasteiger partial charge < -0.3 is 31.1 Å². The zero-order chi connectivity index (χ0) is 25.2. The first-order valence-electron chi connectivity index (χ1n) is 12.0. The molecule has 1 heterocycles. The molecule has 3 aliphatic carbocycles. The summed E-state index contributed by atoms with van der Waals surface area (Å²) < 4.78 is 0. The third-order valence-electron chi connectivity index (χ3n) is 8.39. The van der Waals surface area contributed by atoms with Gasteiger partial charge >= 0.3 is 0 Å². The van der Waals surface area contributed by atoms with E-state index in [0.717, 1.165) is 43.5 Å². The van der Waals surface area contributed by atoms with E-state index in [4.69, 9.17) is 5.73 Å². The molecule has 4 aliphatic rings. The van der Waals surface area contributed by atoms with Crippen molar-refractivity contribution in [2.45, 2.75) is 44.1 Å². The Balaban J connectivity index is 1.58. The molecule has 2 fully saturated rings. The molecule has 1 saturated carbocycles. The number of carbonyl (C=O) groups excluding carboxylic acids is 3. The van der Waals surface area contributed by atoms with Crippen molar-refractivity contribution in [1.82, 2.24) is 4.90 Å². The summed E-state index contributed by atoms with van der Waals surface area (Å²) in [5.41, 5.74) is 3.75. The average molecular weight is 483 g/mol. The SMILES string of the molecule is CN1CCC(Cc2ccc(O)c3c2CC2CC4CC(=O)C(C(N)=O)=C(O)C4(O)C(=O)C2=C3O)CC1. The van der Waals surface area contributed by atoms with E-state index in [2.05, 4.69) is 11.9 Å². The lowest BCUT2D eigenvalue weighted by molar-refractivity contribution is -0.147. The standard InChI is InChI=1S/C26H30N2O7/c1-28-6-4-12(5-7-28)8-13-2-3-17(29)20-16(13)10-14-9-15-11-18(30)21(25(27)34)24(33)26(15,35)23(32)19(14)22(20)31/h2-3,12,14-15,29,31,33,35H,4-11H2,1H3,(H2,27,34). The lowest BCUT2D eigenvalue weighted by atomic mass is 9.59. The number of amides is 1. The summed E-state index contributed by atoms with van der Waals surface area (Å²) in [6.07, 6.45) is 3.07. The van der Waals surface area contributed by atoms with Gasteiger partial charge in [-0.3, -0.25) is 14.4 Å². The van der Waals surface area contributed by atoms with Crippen molar-refractivity contribution in [3.8, 4) is 5.75 Å². The molecule has 0 aromatic heterocycles. The smallest absolute Gasteiger partial charge is 0.255 e. The molecule has 186 valence electrons. The van der Waals surface area contributed by atoms with Crippen molar-refractivity contribution in [2.24, 2.45) is 23.5 Å². The van der Waals surface area contributed by atoms with Gasteiger partial charge in [0.15, 0.2) is 11.4 Å². The number of nitrogens with two attached hydrogens (primary N) is 1. The topological polar surface area (TPSA) is 161 Å². The van der Waals surface area contributed by atoms with Gasteiger partial charge in [0, 0.05) is 17.9 Å². The van der Waals surface area contributed by atoms with E-state index in [1.165, 1.54) is 6.07 Å². The maximum atomic E-state index is 13.6. The number of nitrogens with zero attached hydrogens (tertiary/aromatic N) is 1. The van der Waals surface area contributed by atoms with Gasteiger partial charge in [-0.1, -0.05) is 6.07 Å². The molecule has 3 unspecified atom stereocenters. The normalized spacial score (nSPS) is 29.7. The number of aliphatic hydroxyl groups is 3. The number of likely N-dealkylation sites (tertiary alicyclic amines) is 1. The molecule has 6 N–H and O–H groups in total. The minimum atomic E-state index is -2.53. The molecule has 1 aromatic rings. The first-order valence-corrected chi connectivity index (χ1v) is 12.0. The lowest BCUT2D eigenvalue weighted by Crippen LogP contribution is -2.58. The van der Waals surface area contributed by atoms with Gasteiger partial charge in [0.2, 0.25) is 5.78 Å². The molecule has 1 amide bonds. The van der Waals surface area contributed by atoms with Crippen LogP contribution >= 0.6 is 0 Å². The van der Waals surface area contributed by atoms with Gasteiger partial charge in [0.05, 0.1) is 5.56 Å². The van der Waals surface area contributed by atoms with Gasteiger partial charge in [0.1, 0.15) is 22.8 Å². The monoisotopic (exact) mass is 482 g/mol. The van der Waals surface area contributed by atoms with Crippen molar-refractivity contribution in [3.63, 3.8) is 0 Å². The Morgan fingerprint density at radius 2 is 1.83 bits per heavy atom. The third-order valence-corrected chi connectivity index (χ3v) is 8.39. The second-order valence-corrected chi connectivity index (χ2v) is 10.5. The molecule has 35 heavy (non-hydrogen) atoms. The van der Waals surface area contributed by atoms with Crippen LogP contribution in [0.15, 0.2) is 29.0 Å². The number of benzene rings is 1. The zero-order valence-corrected chi connectivity index (χ0v) is 19.6. The van der Waals surface area contributed by atoms with E-state index < -0.39 is 52.0 Å². The van der Waals surface area contributed by atoms with Crippen LogP contribution in [0.5, 0.6) is 5.75 Å². The second-order valence-electron chi connectivity index (χ2n) is 10.5. The summed E-state index contributed by atoms with van der Waals surface area (Å²) in [7, 11) is 2.10. The summed E-state index contributed by atoms with van der Waals surface area (Å²) >= 11 is 0. The number of ketones is 2. The molecular formula is C26H30N2O7. The molecule has 0 spiro atoms. The molecule has 9 nitrogen and oxygen atoms in total. The number of piperidine rings is 1. The van der Waals surface area contributed by atoms with Gasteiger partial charge in [-0.05, 0) is 81.3 Å². The summed E-state index contributed by atoms with van der Waals surface area (Å²) in [6.45, 7) is 2.02. The van der Waals surface area contributed by atoms with Crippen molar-refractivity contribution in [3.05, 3.63) is 45.7 Å². The highest BCUT2D eigenvalue weighted by molar-refractivity contribution is 6.22. The van der Waals surface area contributed by atoms with Gasteiger partial charge in [-0.15, -0.1) is 0 Å². The number of primary amides is 1. The minimum absolute atomic E-state index is 0.104. The molecule has 5 rings (SSSR count). The Morgan fingerprint density at radius 1 is 1.14 bits per heavy atom. The molecule has 3 atom stereocenters. The van der Waals surface area contributed by atoms with E-state index in [0.29, 0.717) is 12.3 Å². The fourth-order valence-electron chi connectivity index (χ4n) is 6.45. The number of hydrogen-bond acceptors (Lipinski definition) is 8. The Hall–Kier alpha value is -3.17. The third kappa shape index (κ3) is 3.48. The maximum absolute atomic E-state index is 13.6. The maximum Gasteiger partial charge on any atom is 0.255 e. The predicted molar refractivity (Wildman–Crippen MR) is 125 cm³/mol. The Labute approximate surface area is 202 Å². The van der Waals surface area contributed by atoms with Gasteiger partial charge in [-0.2, -0.15) is 0 Å². The predicted octanol–water partition coefficient (Wildman–Crippen LogP) is 1.31. The molecule has 1 saturated heterocycles. The Kier molecular flexibility index (Phi) is 5.52. The van der Waals surface area contributed by atoms with Crippen molar-refractivity contribution >= 4 is 23.2 Å². The fourth-order valence-corrected chi connectivity index (χ4v) is 6.45. The van der Waals surface area contributed by atoms with Crippen LogP contribution in [0, 0.1) is 17.8 Å². The number of hydrogen-bond donors (Lipinski definition) is 5. The number of fused-ring (bicyclic) bond motifs is 3. The number of aliphatic hydroxyl groups excluding tert-OH is 2. The number of Topliss-reactive ketones (excluding diaryl/α,β-unsaturated/α-hetero) is 2. The molecule has 9 heteroatoms. The number of carbonyl (C=O) groups is 3. The molecule has 0 bridgehead atoms. The number of phenolic OH excluding ortho intramolecular Hbond substituents is 1. The summed E-state index contributed by atoms with van der Waals surface area (Å²) in [5.74, 6) is -5.56. The number of phenols is 1. The Morgan fingerprint density at radius 3 is 2.49 bits per heavy atom. The first-order chi connectivity index (χ1) is 16.5. The second kappa shape index (κ2) is 8.20. The highest BCUT2D eigenvalue weighted by atomic mass is 16.3. The summed E-state index contributed by atoms with van der Waals surface area (Å²) in [5, 5.41) is 43.8. The van der Waals surface area contributed by atoms with Crippen LogP contribution in [0.1, 0.15) is 42.4 Å². The summed E-state index contributed by atoms with van der Waals surface area (Å²) in [6, 6.07) is 3.37. The quantitative estimate of drug-likeness (QED) is 0.403. The minimum Gasteiger partial charge on any atom is -0.508 e. The van der Waals surface area contributed by atoms with Crippen LogP contribution in [0.25, 0.3) is 5.76 Å². The van der Waals surface area contributed by atoms with E-state index in [-0.39, 0.29) is 29.7 Å². The summed E-state index contributed by atoms with van der Waals surface area (Å²) in [4.78, 5) is 40.1. The largest absolute Gasteiger partial charge is 0.508 e. The van der Waals surface area contributed by atoms with Gasteiger partial charge in [-0.25, -0.2) is 0 Å². The number of rotatable bonds is 3. The van der Waals surface area contributed by atoms with Crippen LogP contribution in [0.4, 0.5) is 0 Å². The van der Waals surface area contributed by atoms with Crippen molar-refractivity contribution in [2.75, 3.05) is 20.1 Å². The number of aromatic hydroxyl groups is 1. The van der Waals surface area contributed by atoms with Crippen LogP contribution in [-0.2, 0) is 27.2 Å². The van der Waals surface area contributed by atoms with Crippen LogP contribution < -0.4 is 5.73 Å².